The summed E-state index contributed by atoms with van der Waals surface area (Å²) in [6, 6.07) is 9.26. The van der Waals surface area contributed by atoms with Crippen molar-refractivity contribution in [3.8, 4) is 0 Å². The predicted octanol–water partition coefficient (Wildman–Crippen LogP) is 4.55. The molecular weight excluding hydrogens is 428 g/mol. The first-order chi connectivity index (χ1) is 9.88. The summed E-state index contributed by atoms with van der Waals surface area (Å²) in [6.07, 6.45) is 0. The topological polar surface area (TPSA) is 66.4 Å². The average molecular weight is 436 g/mol. The lowest BCUT2D eigenvalue weighted by Gasteiger charge is -2.08. The molecule has 0 aliphatic carbocycles. The molecule has 4 nitrogen and oxygen atoms in total. The zero-order valence-corrected chi connectivity index (χ0v) is 14.0. The van der Waals surface area contributed by atoms with Crippen LogP contribution in [0.25, 0.3) is 0 Å². The summed E-state index contributed by atoms with van der Waals surface area (Å²) in [4.78, 5) is 23.0. The molecule has 108 valence electrons. The van der Waals surface area contributed by atoms with Gasteiger partial charge in [0, 0.05) is 9.26 Å². The summed E-state index contributed by atoms with van der Waals surface area (Å²) < 4.78 is 0.876. The van der Waals surface area contributed by atoms with Gasteiger partial charge in [0.25, 0.3) is 5.91 Å². The van der Waals surface area contributed by atoms with Crippen molar-refractivity contribution in [1.82, 2.24) is 0 Å². The number of rotatable bonds is 3. The second-order valence-corrected chi connectivity index (χ2v) is 6.14. The predicted molar refractivity (Wildman–Crippen MR) is 90.5 cm³/mol. The van der Waals surface area contributed by atoms with Crippen LogP contribution in [-0.4, -0.2) is 17.0 Å². The molecule has 2 aromatic rings. The Morgan fingerprint density at radius 3 is 2.33 bits per heavy atom. The second-order valence-electron chi connectivity index (χ2n) is 4.08. The number of benzene rings is 2. The second kappa shape index (κ2) is 6.64. The van der Waals surface area contributed by atoms with Crippen LogP contribution in [0.3, 0.4) is 0 Å². The van der Waals surface area contributed by atoms with Gasteiger partial charge in [-0.15, -0.1) is 0 Å². The molecule has 0 bridgehead atoms. The van der Waals surface area contributed by atoms with Crippen LogP contribution in [0.5, 0.6) is 0 Å². The van der Waals surface area contributed by atoms with Gasteiger partial charge in [0.2, 0.25) is 0 Å². The van der Waals surface area contributed by atoms with Gasteiger partial charge < -0.3 is 10.4 Å². The zero-order valence-electron chi connectivity index (χ0n) is 10.4. The smallest absolute Gasteiger partial charge is 0.337 e. The largest absolute Gasteiger partial charge is 0.478 e. The highest BCUT2D eigenvalue weighted by Crippen LogP contribution is 2.23. The number of halogens is 3. The molecule has 0 heterocycles. The summed E-state index contributed by atoms with van der Waals surface area (Å²) in [5.74, 6) is -1.52. The Bertz CT molecular complexity index is 734. The number of amides is 1. The minimum atomic E-state index is -1.13. The third-order valence-corrected chi connectivity index (χ3v) is 3.94. The molecule has 0 atom stereocenters. The minimum Gasteiger partial charge on any atom is -0.478 e. The van der Waals surface area contributed by atoms with Crippen LogP contribution in [-0.2, 0) is 0 Å². The van der Waals surface area contributed by atoms with E-state index in [4.69, 9.17) is 28.3 Å². The Morgan fingerprint density at radius 2 is 1.71 bits per heavy atom. The molecule has 2 N–H and O–H groups in total. The molecule has 2 rings (SSSR count). The van der Waals surface area contributed by atoms with E-state index in [1.165, 1.54) is 18.2 Å². The summed E-state index contributed by atoms with van der Waals surface area (Å²) in [6.45, 7) is 0. The number of hydrogen-bond donors (Lipinski definition) is 2. The first-order valence-corrected chi connectivity index (χ1v) is 7.51. The summed E-state index contributed by atoms with van der Waals surface area (Å²) in [5.41, 5.74) is 0.703. The van der Waals surface area contributed by atoms with Crippen LogP contribution in [0.1, 0.15) is 20.7 Å². The lowest BCUT2D eigenvalue weighted by atomic mass is 10.2. The number of carbonyl (C=O) groups is 2. The number of hydrogen-bond acceptors (Lipinski definition) is 2. The maximum Gasteiger partial charge on any atom is 0.337 e. The highest BCUT2D eigenvalue weighted by molar-refractivity contribution is 14.1. The number of carboxylic acids is 1. The Morgan fingerprint density at radius 1 is 1.00 bits per heavy atom. The van der Waals surface area contributed by atoms with E-state index in [-0.39, 0.29) is 10.6 Å². The van der Waals surface area contributed by atoms with Gasteiger partial charge in [0.1, 0.15) is 0 Å². The van der Waals surface area contributed by atoms with E-state index in [0.717, 1.165) is 3.57 Å². The van der Waals surface area contributed by atoms with Gasteiger partial charge >= 0.3 is 5.97 Å². The first-order valence-electron chi connectivity index (χ1n) is 5.67. The van der Waals surface area contributed by atoms with E-state index in [1.54, 1.807) is 18.2 Å². The number of anilines is 1. The summed E-state index contributed by atoms with van der Waals surface area (Å²) >= 11 is 13.9. The molecule has 0 fully saturated rings. The molecular formula is C14H8Cl2INO3. The maximum absolute atomic E-state index is 12.2. The quantitative estimate of drug-likeness (QED) is 0.695. The highest BCUT2D eigenvalue weighted by atomic mass is 127. The molecule has 0 saturated heterocycles. The molecule has 0 aliphatic heterocycles. The van der Waals surface area contributed by atoms with Gasteiger partial charge in [-0.25, -0.2) is 4.79 Å². The Labute approximate surface area is 144 Å². The fraction of sp³-hybridized carbons (Fsp3) is 0. The van der Waals surface area contributed by atoms with E-state index >= 15 is 0 Å². The van der Waals surface area contributed by atoms with Crippen LogP contribution >= 0.6 is 45.8 Å². The Hall–Kier alpha value is -1.31. The molecule has 0 aromatic heterocycles. The van der Waals surface area contributed by atoms with Gasteiger partial charge in [-0.3, -0.25) is 4.79 Å². The minimum absolute atomic E-state index is 0.0260. The standard InChI is InChI=1S/C14H8Cl2INO3/c15-11-4-1-7(17)5-10(11)13(19)18-8-2-3-9(14(20)21)12(16)6-8/h1-6H,(H,18,19)(H,20,21). The fourth-order valence-corrected chi connectivity index (χ4v) is 2.59. The Balaban J connectivity index is 2.26. The molecule has 0 spiro atoms. The van der Waals surface area contributed by atoms with Gasteiger partial charge in [-0.2, -0.15) is 0 Å². The number of aromatic carboxylic acids is 1. The van der Waals surface area contributed by atoms with Crippen LogP contribution in [0.15, 0.2) is 36.4 Å². The van der Waals surface area contributed by atoms with Crippen molar-refractivity contribution in [3.63, 3.8) is 0 Å². The lowest BCUT2D eigenvalue weighted by Crippen LogP contribution is -2.13. The third-order valence-electron chi connectivity index (χ3n) is 2.63. The van der Waals surface area contributed by atoms with Crippen molar-refractivity contribution in [1.29, 1.82) is 0 Å². The Kier molecular flexibility index (Phi) is 5.08. The molecule has 0 saturated carbocycles. The first kappa shape index (κ1) is 16.1. The highest BCUT2D eigenvalue weighted by Gasteiger charge is 2.13. The number of nitrogens with one attached hydrogen (secondary N) is 1. The van der Waals surface area contributed by atoms with Crippen LogP contribution in [0.4, 0.5) is 5.69 Å². The number of carboxylic acid groups (broad SMARTS) is 1. The van der Waals surface area contributed by atoms with Gasteiger partial charge in [0.15, 0.2) is 0 Å². The number of carbonyl (C=O) groups excluding carboxylic acids is 1. The SMILES string of the molecule is O=C(O)c1ccc(NC(=O)c2cc(I)ccc2Cl)cc1Cl. The summed E-state index contributed by atoms with van der Waals surface area (Å²) in [5, 5.41) is 11.9. The maximum atomic E-state index is 12.2. The van der Waals surface area contributed by atoms with Crippen molar-refractivity contribution in [2.75, 3.05) is 5.32 Å². The van der Waals surface area contributed by atoms with Gasteiger partial charge in [-0.1, -0.05) is 23.2 Å². The van der Waals surface area contributed by atoms with E-state index in [9.17, 15) is 9.59 Å². The molecule has 2 aromatic carbocycles. The van der Waals surface area contributed by atoms with Crippen LogP contribution in [0, 0.1) is 3.57 Å². The van der Waals surface area contributed by atoms with E-state index in [0.29, 0.717) is 16.3 Å². The lowest BCUT2D eigenvalue weighted by molar-refractivity contribution is 0.0697. The van der Waals surface area contributed by atoms with E-state index in [1.807, 2.05) is 0 Å². The monoisotopic (exact) mass is 435 g/mol. The normalized spacial score (nSPS) is 10.2. The third kappa shape index (κ3) is 3.87. The molecule has 0 unspecified atom stereocenters. The molecule has 0 aliphatic rings. The van der Waals surface area contributed by atoms with Crippen molar-refractivity contribution >= 4 is 63.4 Å². The van der Waals surface area contributed by atoms with Crippen molar-refractivity contribution in [2.45, 2.75) is 0 Å². The molecule has 7 heteroatoms. The van der Waals surface area contributed by atoms with Gasteiger partial charge in [0.05, 0.1) is 21.2 Å². The van der Waals surface area contributed by atoms with Crippen molar-refractivity contribution in [2.24, 2.45) is 0 Å². The molecule has 21 heavy (non-hydrogen) atoms. The zero-order chi connectivity index (χ0) is 15.6. The fourth-order valence-electron chi connectivity index (χ4n) is 1.64. The average Bonchev–Trinajstić information content (AvgIpc) is 2.41. The van der Waals surface area contributed by atoms with E-state index in [2.05, 4.69) is 27.9 Å². The van der Waals surface area contributed by atoms with Crippen molar-refractivity contribution < 1.29 is 14.7 Å². The molecule has 1 amide bonds. The van der Waals surface area contributed by atoms with Crippen LogP contribution < -0.4 is 5.32 Å². The van der Waals surface area contributed by atoms with Crippen LogP contribution in [0.2, 0.25) is 10.0 Å². The van der Waals surface area contributed by atoms with Gasteiger partial charge in [-0.05, 0) is 59.0 Å². The van der Waals surface area contributed by atoms with E-state index < -0.39 is 11.9 Å². The molecule has 0 radical (unpaired) electrons. The van der Waals surface area contributed by atoms with Crippen molar-refractivity contribution in [3.05, 3.63) is 61.1 Å². The summed E-state index contributed by atoms with van der Waals surface area (Å²) in [7, 11) is 0.